The maximum absolute atomic E-state index is 12.1. The van der Waals surface area contributed by atoms with E-state index in [-0.39, 0.29) is 6.04 Å². The lowest BCUT2D eigenvalue weighted by molar-refractivity contribution is 0.0188. The lowest BCUT2D eigenvalue weighted by Gasteiger charge is -2.22. The fourth-order valence-electron chi connectivity index (χ4n) is 3.19. The average molecular weight is 400 g/mol. The third-order valence-electron chi connectivity index (χ3n) is 4.65. The normalized spacial score (nSPS) is 21.5. The molecule has 146 valence electrons. The van der Waals surface area contributed by atoms with Crippen LogP contribution in [0.2, 0.25) is 0 Å². The quantitative estimate of drug-likeness (QED) is 0.580. The number of aliphatic hydroxyl groups is 1. The fraction of sp³-hybridized carbons (Fsp3) is 0.316. The van der Waals surface area contributed by atoms with E-state index in [0.29, 0.717) is 25.3 Å². The molecule has 1 aromatic carbocycles. The molecule has 3 aromatic rings. The van der Waals surface area contributed by atoms with Crippen LogP contribution in [0.1, 0.15) is 11.1 Å². The number of ether oxygens (including phenoxy) is 1. The van der Waals surface area contributed by atoms with Crippen molar-refractivity contribution in [3.8, 4) is 11.3 Å². The summed E-state index contributed by atoms with van der Waals surface area (Å²) in [6.45, 7) is 0.729. The SMILES string of the molecule is O=C(NCc1cnsc1)O[C@@H]1[C@@H](O)CN[C@@H]1Cc1ccc(-c2cnco2)cc1. The van der Waals surface area contributed by atoms with Gasteiger partial charge < -0.3 is 24.9 Å². The topological polar surface area (TPSA) is 110 Å². The van der Waals surface area contributed by atoms with Gasteiger partial charge in [-0.1, -0.05) is 24.3 Å². The van der Waals surface area contributed by atoms with Gasteiger partial charge in [-0.3, -0.25) is 0 Å². The van der Waals surface area contributed by atoms with Crippen molar-refractivity contribution in [3.05, 3.63) is 59.6 Å². The standard InChI is InChI=1S/C19H20N4O4S/c24-16-8-21-15(18(16)27-19(25)22-6-13-7-23-28-10-13)5-12-1-3-14(4-2-12)17-9-20-11-26-17/h1-4,7,9-11,15-16,18,21,24H,5-6,8H2,(H,22,25)/t15-,16+,18+/m1/s1. The van der Waals surface area contributed by atoms with E-state index >= 15 is 0 Å². The number of nitrogens with one attached hydrogen (secondary N) is 2. The highest BCUT2D eigenvalue weighted by molar-refractivity contribution is 7.03. The Labute approximate surface area is 165 Å². The highest BCUT2D eigenvalue weighted by Crippen LogP contribution is 2.22. The Balaban J connectivity index is 1.34. The Morgan fingerprint density at radius 1 is 1.32 bits per heavy atom. The van der Waals surface area contributed by atoms with Crippen LogP contribution in [0.25, 0.3) is 11.3 Å². The summed E-state index contributed by atoms with van der Waals surface area (Å²) in [7, 11) is 0. The molecule has 1 fully saturated rings. The summed E-state index contributed by atoms with van der Waals surface area (Å²) in [4.78, 5) is 16.0. The van der Waals surface area contributed by atoms with Crippen molar-refractivity contribution in [1.29, 1.82) is 0 Å². The molecule has 0 unspecified atom stereocenters. The number of benzene rings is 1. The zero-order valence-corrected chi connectivity index (χ0v) is 15.8. The average Bonchev–Trinajstić information content (AvgIpc) is 3.46. The number of β-amino-alcohol motifs (C(OH)–C–C–N with tert-alkyl or cyclic N) is 1. The van der Waals surface area contributed by atoms with Crippen molar-refractivity contribution >= 4 is 17.6 Å². The first-order valence-corrected chi connectivity index (χ1v) is 9.74. The Kier molecular flexibility index (Phi) is 5.65. The van der Waals surface area contributed by atoms with Gasteiger partial charge in [0.1, 0.15) is 12.2 Å². The van der Waals surface area contributed by atoms with E-state index in [1.165, 1.54) is 17.9 Å². The molecule has 28 heavy (non-hydrogen) atoms. The van der Waals surface area contributed by atoms with Crippen LogP contribution in [0.15, 0.2) is 52.9 Å². The van der Waals surface area contributed by atoms with Crippen LogP contribution in [0.3, 0.4) is 0 Å². The molecule has 0 aliphatic carbocycles. The van der Waals surface area contributed by atoms with Gasteiger partial charge in [0, 0.05) is 35.8 Å². The second-order valence-corrected chi connectivity index (χ2v) is 7.26. The summed E-state index contributed by atoms with van der Waals surface area (Å²) >= 11 is 1.32. The van der Waals surface area contributed by atoms with Gasteiger partial charge in [0.25, 0.3) is 0 Å². The maximum Gasteiger partial charge on any atom is 0.407 e. The first-order valence-electron chi connectivity index (χ1n) is 8.91. The molecule has 3 atom stereocenters. The maximum atomic E-state index is 12.1. The number of carbonyl (C=O) groups is 1. The molecule has 0 radical (unpaired) electrons. The van der Waals surface area contributed by atoms with Gasteiger partial charge in [-0.2, -0.15) is 0 Å². The van der Waals surface area contributed by atoms with E-state index in [1.54, 1.807) is 12.4 Å². The summed E-state index contributed by atoms with van der Waals surface area (Å²) in [6, 6.07) is 7.73. The Morgan fingerprint density at radius 2 is 2.18 bits per heavy atom. The number of hydrogen-bond acceptors (Lipinski definition) is 8. The number of aromatic nitrogens is 2. The Hall–Kier alpha value is -2.75. The number of hydrogen-bond donors (Lipinski definition) is 3. The van der Waals surface area contributed by atoms with Crippen LogP contribution in [-0.2, 0) is 17.7 Å². The van der Waals surface area contributed by atoms with Crippen LogP contribution in [0.5, 0.6) is 0 Å². The van der Waals surface area contributed by atoms with E-state index in [9.17, 15) is 9.90 Å². The number of alkyl carbamates (subject to hydrolysis) is 1. The lowest BCUT2D eigenvalue weighted by Crippen LogP contribution is -2.41. The molecule has 0 bridgehead atoms. The van der Waals surface area contributed by atoms with Crippen LogP contribution < -0.4 is 10.6 Å². The van der Waals surface area contributed by atoms with Crippen LogP contribution in [0.4, 0.5) is 4.79 Å². The number of aliphatic hydroxyl groups excluding tert-OH is 1. The highest BCUT2D eigenvalue weighted by Gasteiger charge is 2.37. The Morgan fingerprint density at radius 3 is 2.89 bits per heavy atom. The molecule has 4 rings (SSSR count). The number of amides is 1. The summed E-state index contributed by atoms with van der Waals surface area (Å²) in [6.07, 6.45) is 3.47. The minimum atomic E-state index is -0.743. The summed E-state index contributed by atoms with van der Waals surface area (Å²) in [5.41, 5.74) is 2.92. The van der Waals surface area contributed by atoms with Gasteiger partial charge in [-0.05, 0) is 23.5 Å². The largest absolute Gasteiger partial charge is 0.444 e. The van der Waals surface area contributed by atoms with E-state index in [2.05, 4.69) is 20.0 Å². The van der Waals surface area contributed by atoms with Gasteiger partial charge in [0.2, 0.25) is 0 Å². The summed E-state index contributed by atoms with van der Waals surface area (Å²) in [5.74, 6) is 0.708. The molecule has 9 heteroatoms. The number of carbonyl (C=O) groups excluding carboxylic acids is 1. The van der Waals surface area contributed by atoms with Gasteiger partial charge >= 0.3 is 6.09 Å². The summed E-state index contributed by atoms with van der Waals surface area (Å²) in [5, 5.41) is 18.0. The molecule has 0 saturated carbocycles. The van der Waals surface area contributed by atoms with Crippen LogP contribution in [0, 0.1) is 0 Å². The molecule has 8 nitrogen and oxygen atoms in total. The van der Waals surface area contributed by atoms with Crippen molar-refractivity contribution in [2.24, 2.45) is 0 Å². The molecule has 3 heterocycles. The van der Waals surface area contributed by atoms with Crippen molar-refractivity contribution in [3.63, 3.8) is 0 Å². The molecule has 0 spiro atoms. The third kappa shape index (κ3) is 4.38. The first kappa shape index (κ1) is 18.6. The monoisotopic (exact) mass is 400 g/mol. The minimum absolute atomic E-state index is 0.167. The highest BCUT2D eigenvalue weighted by atomic mass is 32.1. The van der Waals surface area contributed by atoms with Crippen molar-refractivity contribution < 1.29 is 19.1 Å². The lowest BCUT2D eigenvalue weighted by atomic mass is 10.0. The first-order chi connectivity index (χ1) is 13.7. The number of rotatable bonds is 6. The van der Waals surface area contributed by atoms with Crippen LogP contribution in [-0.4, -0.2) is 45.4 Å². The predicted molar refractivity (Wildman–Crippen MR) is 103 cm³/mol. The second-order valence-electron chi connectivity index (χ2n) is 6.60. The molecule has 2 aromatic heterocycles. The van der Waals surface area contributed by atoms with E-state index in [0.717, 1.165) is 16.7 Å². The molecular weight excluding hydrogens is 380 g/mol. The van der Waals surface area contributed by atoms with Gasteiger partial charge in [-0.15, -0.1) is 0 Å². The van der Waals surface area contributed by atoms with Crippen molar-refractivity contribution in [2.45, 2.75) is 31.2 Å². The van der Waals surface area contributed by atoms with Crippen molar-refractivity contribution in [2.75, 3.05) is 6.54 Å². The molecule has 1 aliphatic rings. The third-order valence-corrected chi connectivity index (χ3v) is 5.29. The fourth-order valence-corrected chi connectivity index (χ4v) is 3.73. The summed E-state index contributed by atoms with van der Waals surface area (Å²) < 4.78 is 14.8. The number of nitrogens with zero attached hydrogens (tertiary/aromatic N) is 2. The number of oxazole rings is 1. The van der Waals surface area contributed by atoms with Crippen molar-refractivity contribution in [1.82, 2.24) is 20.0 Å². The predicted octanol–water partition coefficient (Wildman–Crippen LogP) is 1.97. The van der Waals surface area contributed by atoms with E-state index in [1.807, 2.05) is 29.6 Å². The molecule has 3 N–H and O–H groups in total. The molecule has 1 aliphatic heterocycles. The van der Waals surface area contributed by atoms with Gasteiger partial charge in [-0.25, -0.2) is 14.2 Å². The van der Waals surface area contributed by atoms with Gasteiger partial charge in [0.05, 0.1) is 12.2 Å². The van der Waals surface area contributed by atoms with E-state index in [4.69, 9.17) is 9.15 Å². The molecule has 1 saturated heterocycles. The molecular formula is C19H20N4O4S. The zero-order valence-electron chi connectivity index (χ0n) is 14.9. The van der Waals surface area contributed by atoms with Gasteiger partial charge in [0.15, 0.2) is 12.2 Å². The Bertz CT molecular complexity index is 883. The van der Waals surface area contributed by atoms with Crippen LogP contribution >= 0.6 is 11.5 Å². The minimum Gasteiger partial charge on any atom is -0.444 e. The zero-order chi connectivity index (χ0) is 19.3. The molecule has 1 amide bonds. The second kappa shape index (κ2) is 8.51. The smallest absolute Gasteiger partial charge is 0.407 e. The van der Waals surface area contributed by atoms with E-state index < -0.39 is 18.3 Å².